The van der Waals surface area contributed by atoms with Crippen molar-refractivity contribution in [3.63, 3.8) is 0 Å². The number of hydrogen-bond donors (Lipinski definition) is 0. The number of anilines is 1. The molecule has 1 unspecified atom stereocenters. The van der Waals surface area contributed by atoms with E-state index in [0.717, 1.165) is 29.7 Å². The number of hydrogen-bond acceptors (Lipinski definition) is 9. The normalized spacial score (nSPS) is 14.3. The van der Waals surface area contributed by atoms with Gasteiger partial charge in [0.25, 0.3) is 5.91 Å². The van der Waals surface area contributed by atoms with E-state index in [2.05, 4.69) is 18.5 Å². The Hall–Kier alpha value is -4.44. The van der Waals surface area contributed by atoms with E-state index in [-0.39, 0.29) is 33.4 Å². The van der Waals surface area contributed by atoms with Crippen molar-refractivity contribution in [1.82, 2.24) is 4.98 Å². The lowest BCUT2D eigenvalue weighted by molar-refractivity contribution is 0.0554. The van der Waals surface area contributed by atoms with Crippen LogP contribution in [0.25, 0.3) is 11.0 Å². The van der Waals surface area contributed by atoms with Crippen LogP contribution in [0.2, 0.25) is 0 Å². The molecule has 2 aromatic carbocycles. The SMILES string of the molecule is C=CCOC(=O)c1sc(N2C(=O)c3oc4ccc(C)cc4c(=O)c3C2c2ccc(OCCCC)c(OC)c2)nc1C. The molecule has 4 aromatic rings. The van der Waals surface area contributed by atoms with E-state index >= 15 is 0 Å². The summed E-state index contributed by atoms with van der Waals surface area (Å²) < 4.78 is 22.8. The molecular weight excluding hydrogens is 544 g/mol. The van der Waals surface area contributed by atoms with Gasteiger partial charge in [0, 0.05) is 0 Å². The van der Waals surface area contributed by atoms with Gasteiger partial charge in [0.05, 0.1) is 36.4 Å². The molecule has 5 rings (SSSR count). The molecule has 1 aliphatic heterocycles. The van der Waals surface area contributed by atoms with Crippen molar-refractivity contribution >= 4 is 39.3 Å². The van der Waals surface area contributed by atoms with Crippen LogP contribution < -0.4 is 19.8 Å². The van der Waals surface area contributed by atoms with Crippen molar-refractivity contribution in [1.29, 1.82) is 0 Å². The molecule has 0 saturated heterocycles. The quantitative estimate of drug-likeness (QED) is 0.126. The zero-order valence-electron chi connectivity index (χ0n) is 23.3. The van der Waals surface area contributed by atoms with Gasteiger partial charge in [0.15, 0.2) is 22.1 Å². The highest BCUT2D eigenvalue weighted by Crippen LogP contribution is 2.45. The van der Waals surface area contributed by atoms with Crippen LogP contribution in [0.5, 0.6) is 11.5 Å². The Labute approximate surface area is 241 Å². The molecule has 9 nitrogen and oxygen atoms in total. The summed E-state index contributed by atoms with van der Waals surface area (Å²) in [5.74, 6) is -0.157. The molecular formula is C31H30N2O7S. The zero-order valence-corrected chi connectivity index (χ0v) is 24.1. The molecule has 0 bridgehead atoms. The number of carbonyl (C=O) groups is 2. The second kappa shape index (κ2) is 11.6. The maximum Gasteiger partial charge on any atom is 0.350 e. The minimum absolute atomic E-state index is 0.0408. The third kappa shape index (κ3) is 5.11. The van der Waals surface area contributed by atoms with Gasteiger partial charge >= 0.3 is 5.97 Å². The Bertz CT molecular complexity index is 1720. The Morgan fingerprint density at radius 1 is 1.17 bits per heavy atom. The van der Waals surface area contributed by atoms with Gasteiger partial charge in [-0.2, -0.15) is 0 Å². The first-order valence-electron chi connectivity index (χ1n) is 13.3. The van der Waals surface area contributed by atoms with Gasteiger partial charge in [-0.3, -0.25) is 14.5 Å². The van der Waals surface area contributed by atoms with E-state index in [1.807, 2.05) is 13.0 Å². The smallest absolute Gasteiger partial charge is 0.350 e. The third-order valence-electron chi connectivity index (χ3n) is 6.79. The average Bonchev–Trinajstić information content (AvgIpc) is 3.49. The highest BCUT2D eigenvalue weighted by Gasteiger charge is 2.45. The Balaban J connectivity index is 1.69. The van der Waals surface area contributed by atoms with Crippen molar-refractivity contribution in [2.24, 2.45) is 0 Å². The maximum absolute atomic E-state index is 14.0. The fraction of sp³-hybridized carbons (Fsp3) is 0.290. The molecule has 0 spiro atoms. The second-order valence-corrected chi connectivity index (χ2v) is 10.6. The number of benzene rings is 2. The van der Waals surface area contributed by atoms with Crippen LogP contribution in [-0.4, -0.2) is 37.2 Å². The van der Waals surface area contributed by atoms with Crippen LogP contribution >= 0.6 is 11.3 Å². The van der Waals surface area contributed by atoms with Gasteiger partial charge in [0.2, 0.25) is 5.76 Å². The van der Waals surface area contributed by atoms with Crippen LogP contribution in [-0.2, 0) is 4.74 Å². The van der Waals surface area contributed by atoms with Crippen molar-refractivity contribution < 1.29 is 28.2 Å². The predicted molar refractivity (Wildman–Crippen MR) is 157 cm³/mol. The molecule has 212 valence electrons. The Kier molecular flexibility index (Phi) is 7.94. The first-order chi connectivity index (χ1) is 19.8. The molecule has 1 amide bonds. The molecule has 0 fully saturated rings. The lowest BCUT2D eigenvalue weighted by Gasteiger charge is -2.23. The molecule has 0 N–H and O–H groups in total. The summed E-state index contributed by atoms with van der Waals surface area (Å²) in [5.41, 5.74) is 2.08. The molecule has 0 aliphatic carbocycles. The van der Waals surface area contributed by atoms with Crippen LogP contribution in [0.15, 0.2) is 58.3 Å². The number of thiazole rings is 1. The van der Waals surface area contributed by atoms with Gasteiger partial charge in [-0.1, -0.05) is 55.0 Å². The number of esters is 1. The first-order valence-corrected chi connectivity index (χ1v) is 14.1. The zero-order chi connectivity index (χ0) is 29.3. The number of amides is 1. The average molecular weight is 575 g/mol. The number of carbonyl (C=O) groups excluding carboxylic acids is 2. The second-order valence-electron chi connectivity index (χ2n) is 9.66. The van der Waals surface area contributed by atoms with Crippen LogP contribution in [0, 0.1) is 13.8 Å². The summed E-state index contributed by atoms with van der Waals surface area (Å²) in [5, 5.41) is 0.607. The van der Waals surface area contributed by atoms with E-state index in [4.69, 9.17) is 18.6 Å². The number of aromatic nitrogens is 1. The molecule has 0 radical (unpaired) electrons. The first kappa shape index (κ1) is 28.1. The summed E-state index contributed by atoms with van der Waals surface area (Å²) in [6, 6.07) is 9.68. The van der Waals surface area contributed by atoms with Crippen molar-refractivity contribution in [2.45, 2.75) is 39.7 Å². The highest BCUT2D eigenvalue weighted by molar-refractivity contribution is 7.17. The largest absolute Gasteiger partial charge is 0.493 e. The summed E-state index contributed by atoms with van der Waals surface area (Å²) in [4.78, 5) is 46.8. The monoisotopic (exact) mass is 574 g/mol. The van der Waals surface area contributed by atoms with Gasteiger partial charge in [-0.05, 0) is 50.1 Å². The minimum Gasteiger partial charge on any atom is -0.493 e. The van der Waals surface area contributed by atoms with E-state index in [9.17, 15) is 14.4 Å². The number of methoxy groups -OCH3 is 1. The standard InChI is InChI=1S/C31H30N2O7S/c1-6-8-14-38-22-12-10-19(16-23(22)37-5)25-24-26(34)20-15-17(3)9-11-21(20)40-27(24)29(35)33(25)31-32-18(4)28(41-31)30(36)39-13-7-2/h7,9-12,15-16,25H,2,6,8,13-14H2,1,3-5H3. The van der Waals surface area contributed by atoms with Gasteiger partial charge in [0.1, 0.15) is 17.1 Å². The summed E-state index contributed by atoms with van der Waals surface area (Å²) in [7, 11) is 1.54. The number of unbranched alkanes of at least 4 members (excludes halogenated alkanes) is 1. The van der Waals surface area contributed by atoms with Gasteiger partial charge < -0.3 is 18.6 Å². The summed E-state index contributed by atoms with van der Waals surface area (Å²) in [6.07, 6.45) is 3.34. The number of aryl methyl sites for hydroxylation is 2. The molecule has 1 aliphatic rings. The predicted octanol–water partition coefficient (Wildman–Crippen LogP) is 6.15. The maximum atomic E-state index is 14.0. The van der Waals surface area contributed by atoms with Crippen LogP contribution in [0.1, 0.15) is 68.4 Å². The van der Waals surface area contributed by atoms with E-state index in [1.54, 1.807) is 37.3 Å². The molecule has 41 heavy (non-hydrogen) atoms. The topological polar surface area (TPSA) is 108 Å². The van der Waals surface area contributed by atoms with Crippen molar-refractivity contribution in [3.8, 4) is 11.5 Å². The Morgan fingerprint density at radius 3 is 2.71 bits per heavy atom. The van der Waals surface area contributed by atoms with Crippen LogP contribution in [0.3, 0.4) is 0 Å². The van der Waals surface area contributed by atoms with E-state index in [0.29, 0.717) is 40.3 Å². The molecule has 1 atom stereocenters. The highest BCUT2D eigenvalue weighted by atomic mass is 32.1. The summed E-state index contributed by atoms with van der Waals surface area (Å²) >= 11 is 1.01. The summed E-state index contributed by atoms with van der Waals surface area (Å²) in [6.45, 7) is 9.77. The number of fused-ring (bicyclic) bond motifs is 2. The number of ether oxygens (including phenoxy) is 3. The molecule has 3 heterocycles. The molecule has 10 heteroatoms. The van der Waals surface area contributed by atoms with Crippen molar-refractivity contribution in [3.05, 3.63) is 92.3 Å². The number of rotatable bonds is 10. The van der Waals surface area contributed by atoms with Gasteiger partial charge in [-0.15, -0.1) is 0 Å². The lowest BCUT2D eigenvalue weighted by atomic mass is 9.98. The number of nitrogens with zero attached hydrogens (tertiary/aromatic N) is 2. The molecule has 2 aromatic heterocycles. The fourth-order valence-corrected chi connectivity index (χ4v) is 5.76. The fourth-order valence-electron chi connectivity index (χ4n) is 4.77. The van der Waals surface area contributed by atoms with Crippen LogP contribution in [0.4, 0.5) is 5.13 Å². The molecule has 0 saturated carbocycles. The van der Waals surface area contributed by atoms with E-state index in [1.165, 1.54) is 18.1 Å². The van der Waals surface area contributed by atoms with Gasteiger partial charge in [-0.25, -0.2) is 9.78 Å². The minimum atomic E-state index is -0.889. The third-order valence-corrected chi connectivity index (χ3v) is 7.93. The van der Waals surface area contributed by atoms with Crippen molar-refractivity contribution in [2.75, 3.05) is 25.2 Å². The Morgan fingerprint density at radius 2 is 1.98 bits per heavy atom. The van der Waals surface area contributed by atoms with E-state index < -0.39 is 17.9 Å². The lowest BCUT2D eigenvalue weighted by Crippen LogP contribution is -2.29.